The molecule has 1 saturated heterocycles. The van der Waals surface area contributed by atoms with Crippen molar-refractivity contribution in [3.63, 3.8) is 0 Å². The highest BCUT2D eigenvalue weighted by Crippen LogP contribution is 2.20. The van der Waals surface area contributed by atoms with Crippen LogP contribution in [0.3, 0.4) is 0 Å². The predicted molar refractivity (Wildman–Crippen MR) is 123 cm³/mol. The molecular weight excluding hydrogens is 472 g/mol. The molecule has 2 aromatic carbocycles. The van der Waals surface area contributed by atoms with Crippen molar-refractivity contribution in [2.45, 2.75) is 38.5 Å². The topological polar surface area (TPSA) is 149 Å². The van der Waals surface area contributed by atoms with Crippen LogP contribution >= 0.6 is 0 Å². The number of amides is 4. The minimum atomic E-state index is -1.12. The zero-order valence-electron chi connectivity index (χ0n) is 19.4. The molecule has 0 aromatic heterocycles. The number of esters is 1. The number of benzene rings is 2. The summed E-state index contributed by atoms with van der Waals surface area (Å²) in [5, 5.41) is 10.7. The normalized spacial score (nSPS) is 14.2. The number of carbonyl (C=O) groups excluding carboxylic acids is 4. The number of imide groups is 2. The fourth-order valence-corrected chi connectivity index (χ4v) is 3.40. The Hall–Kier alpha value is -4.25. The van der Waals surface area contributed by atoms with Gasteiger partial charge in [0.15, 0.2) is 0 Å². The van der Waals surface area contributed by atoms with Gasteiger partial charge in [-0.2, -0.15) is 0 Å². The molecule has 1 aliphatic rings. The molecule has 1 aliphatic heterocycles. The molecule has 1 fully saturated rings. The van der Waals surface area contributed by atoms with Gasteiger partial charge in [0.2, 0.25) is 11.8 Å². The zero-order valence-corrected chi connectivity index (χ0v) is 19.4. The Labute approximate surface area is 206 Å². The Morgan fingerprint density at radius 1 is 0.972 bits per heavy atom. The highest BCUT2D eigenvalue weighted by Gasteiger charge is 2.37. The van der Waals surface area contributed by atoms with Crippen LogP contribution in [0.15, 0.2) is 54.6 Å². The lowest BCUT2D eigenvalue weighted by Crippen LogP contribution is -2.57. The molecule has 0 saturated carbocycles. The number of urea groups is 1. The quantitative estimate of drug-likeness (QED) is 0.240. The Morgan fingerprint density at radius 2 is 1.72 bits per heavy atom. The fraction of sp³-hybridized carbons (Fsp3) is 0.320. The van der Waals surface area contributed by atoms with E-state index in [1.54, 1.807) is 24.3 Å². The molecule has 0 aliphatic carbocycles. The second kappa shape index (κ2) is 13.0. The second-order valence-electron chi connectivity index (χ2n) is 7.86. The van der Waals surface area contributed by atoms with Crippen molar-refractivity contribution in [3.8, 4) is 5.75 Å². The third kappa shape index (κ3) is 8.20. The largest absolute Gasteiger partial charge is 0.489 e. The number of nitrogens with one attached hydrogen (secondary N) is 1. The van der Waals surface area contributed by atoms with Gasteiger partial charge in [-0.3, -0.25) is 24.5 Å². The van der Waals surface area contributed by atoms with E-state index < -0.39 is 42.4 Å². The molecule has 2 N–H and O–H groups in total. The maximum absolute atomic E-state index is 12.5. The summed E-state index contributed by atoms with van der Waals surface area (Å²) in [6, 6.07) is 15.8. The maximum Gasteiger partial charge on any atom is 0.332 e. The van der Waals surface area contributed by atoms with E-state index in [0.717, 1.165) is 10.5 Å². The average molecular weight is 498 g/mol. The van der Waals surface area contributed by atoms with Crippen molar-refractivity contribution in [3.05, 3.63) is 65.7 Å². The summed E-state index contributed by atoms with van der Waals surface area (Å²) in [5.74, 6) is -2.68. The number of hydrogen-bond acceptors (Lipinski definition) is 8. The summed E-state index contributed by atoms with van der Waals surface area (Å²) in [6.07, 6.45) is -2.16. The SMILES string of the molecule is O=C(O)CCC(=O)OCCOC(Cc1cccc(OCc2ccccc2)c1)N1C(=O)CC(=O)NC1=O. The zero-order chi connectivity index (χ0) is 25.9. The van der Waals surface area contributed by atoms with Crippen molar-refractivity contribution in [1.29, 1.82) is 0 Å². The van der Waals surface area contributed by atoms with Crippen LogP contribution in [0, 0.1) is 0 Å². The number of ether oxygens (including phenoxy) is 3. The van der Waals surface area contributed by atoms with Crippen LogP contribution in [0.25, 0.3) is 0 Å². The van der Waals surface area contributed by atoms with E-state index in [4.69, 9.17) is 19.3 Å². The first-order valence-corrected chi connectivity index (χ1v) is 11.2. The van der Waals surface area contributed by atoms with Gasteiger partial charge in [-0.15, -0.1) is 0 Å². The minimum absolute atomic E-state index is 0.0862. The van der Waals surface area contributed by atoms with E-state index in [9.17, 15) is 24.0 Å². The Kier molecular flexibility index (Phi) is 9.52. The lowest BCUT2D eigenvalue weighted by atomic mass is 10.1. The third-order valence-corrected chi connectivity index (χ3v) is 5.09. The van der Waals surface area contributed by atoms with Gasteiger partial charge in [0, 0.05) is 6.42 Å². The summed E-state index contributed by atoms with van der Waals surface area (Å²) < 4.78 is 16.5. The number of nitrogens with zero attached hydrogens (tertiary/aromatic N) is 1. The summed E-state index contributed by atoms with van der Waals surface area (Å²) in [4.78, 5) is 59.4. The molecule has 0 radical (unpaired) electrons. The highest BCUT2D eigenvalue weighted by molar-refractivity contribution is 6.14. The molecular formula is C25H26N2O9. The summed E-state index contributed by atoms with van der Waals surface area (Å²) in [7, 11) is 0. The van der Waals surface area contributed by atoms with Crippen molar-refractivity contribution in [1.82, 2.24) is 10.2 Å². The van der Waals surface area contributed by atoms with E-state index in [-0.39, 0.29) is 32.5 Å². The minimum Gasteiger partial charge on any atom is -0.489 e. The predicted octanol–water partition coefficient (Wildman–Crippen LogP) is 2.03. The average Bonchev–Trinajstić information content (AvgIpc) is 2.84. The van der Waals surface area contributed by atoms with Crippen LogP contribution in [0.2, 0.25) is 0 Å². The molecule has 190 valence electrons. The third-order valence-electron chi connectivity index (χ3n) is 5.09. The van der Waals surface area contributed by atoms with Gasteiger partial charge in [0.05, 0.1) is 19.4 Å². The van der Waals surface area contributed by atoms with E-state index in [0.29, 0.717) is 17.9 Å². The van der Waals surface area contributed by atoms with Crippen molar-refractivity contribution in [2.24, 2.45) is 0 Å². The number of hydrogen-bond donors (Lipinski definition) is 2. The summed E-state index contributed by atoms with van der Waals surface area (Å²) in [6.45, 7) is -0.0248. The molecule has 11 heteroatoms. The molecule has 0 spiro atoms. The maximum atomic E-state index is 12.5. The number of aliphatic carboxylic acids is 1. The first-order valence-electron chi connectivity index (χ1n) is 11.2. The summed E-state index contributed by atoms with van der Waals surface area (Å²) >= 11 is 0. The first-order chi connectivity index (χ1) is 17.3. The molecule has 36 heavy (non-hydrogen) atoms. The highest BCUT2D eigenvalue weighted by atomic mass is 16.6. The smallest absolute Gasteiger partial charge is 0.332 e. The first kappa shape index (κ1) is 26.4. The van der Waals surface area contributed by atoms with Crippen LogP contribution in [-0.4, -0.2) is 59.2 Å². The van der Waals surface area contributed by atoms with Crippen LogP contribution in [-0.2, 0) is 41.7 Å². The Morgan fingerprint density at radius 3 is 2.44 bits per heavy atom. The molecule has 4 amide bonds. The van der Waals surface area contributed by atoms with Gasteiger partial charge < -0.3 is 19.3 Å². The van der Waals surface area contributed by atoms with E-state index in [2.05, 4.69) is 5.32 Å². The molecule has 1 unspecified atom stereocenters. The Balaban J connectivity index is 1.64. The number of carboxylic acids is 1. The number of rotatable bonds is 13. The van der Waals surface area contributed by atoms with E-state index in [1.807, 2.05) is 30.3 Å². The molecule has 11 nitrogen and oxygen atoms in total. The lowest BCUT2D eigenvalue weighted by Gasteiger charge is -2.32. The number of carboxylic acid groups (broad SMARTS) is 1. The van der Waals surface area contributed by atoms with Gasteiger partial charge >= 0.3 is 18.0 Å². The monoisotopic (exact) mass is 498 g/mol. The molecule has 3 rings (SSSR count). The fourth-order valence-electron chi connectivity index (χ4n) is 3.40. The molecule has 1 heterocycles. The molecule has 2 aromatic rings. The second-order valence-corrected chi connectivity index (χ2v) is 7.86. The number of carbonyl (C=O) groups is 5. The van der Waals surface area contributed by atoms with Gasteiger partial charge in [-0.05, 0) is 23.3 Å². The standard InChI is InChI=1S/C25H26N2O9/c28-20-15-21(29)27(25(33)26-20)22(34-11-12-35-24(32)10-9-23(30)31)14-18-7-4-8-19(13-18)36-16-17-5-2-1-3-6-17/h1-8,13,22H,9-12,14-16H2,(H,30,31)(H,26,28,33). The van der Waals surface area contributed by atoms with Gasteiger partial charge in [0.1, 0.15) is 31.6 Å². The van der Waals surface area contributed by atoms with Crippen LogP contribution in [0.1, 0.15) is 30.4 Å². The number of barbiturate groups is 1. The van der Waals surface area contributed by atoms with Gasteiger partial charge in [0.25, 0.3) is 0 Å². The van der Waals surface area contributed by atoms with Crippen LogP contribution in [0.5, 0.6) is 5.75 Å². The lowest BCUT2D eigenvalue weighted by molar-refractivity contribution is -0.154. The van der Waals surface area contributed by atoms with Gasteiger partial charge in [-0.25, -0.2) is 9.69 Å². The summed E-state index contributed by atoms with van der Waals surface area (Å²) in [5.41, 5.74) is 1.68. The van der Waals surface area contributed by atoms with Crippen molar-refractivity contribution in [2.75, 3.05) is 13.2 Å². The van der Waals surface area contributed by atoms with E-state index >= 15 is 0 Å². The van der Waals surface area contributed by atoms with Crippen LogP contribution in [0.4, 0.5) is 4.79 Å². The molecule has 0 bridgehead atoms. The van der Waals surface area contributed by atoms with Crippen molar-refractivity contribution >= 4 is 29.8 Å². The Bertz CT molecular complexity index is 1080. The van der Waals surface area contributed by atoms with Crippen molar-refractivity contribution < 1.29 is 43.3 Å². The van der Waals surface area contributed by atoms with Gasteiger partial charge in [-0.1, -0.05) is 42.5 Å². The molecule has 1 atom stereocenters. The van der Waals surface area contributed by atoms with E-state index in [1.165, 1.54) is 0 Å². The van der Waals surface area contributed by atoms with Crippen LogP contribution < -0.4 is 10.1 Å².